The number of carboxylic acid groups (broad SMARTS) is 1. The average Bonchev–Trinajstić information content (AvgIpc) is 3.18. The molecule has 28 heavy (non-hydrogen) atoms. The van der Waals surface area contributed by atoms with Crippen molar-refractivity contribution < 1.29 is 19.4 Å². The minimum atomic E-state index is -1.04. The fraction of sp³-hybridized carbons (Fsp3) is 0.190. The molecule has 0 saturated carbocycles. The van der Waals surface area contributed by atoms with E-state index in [-0.39, 0.29) is 6.61 Å². The SMILES string of the molecule is O=C(O)C1CS[C@H](c2ccnc3ccccc23)N1C(=O)OCc1ccccc1. The largest absolute Gasteiger partial charge is 0.480 e. The topological polar surface area (TPSA) is 79.7 Å². The molecule has 0 bridgehead atoms. The number of para-hydroxylation sites is 1. The number of pyridine rings is 1. The number of aromatic nitrogens is 1. The molecule has 1 fully saturated rings. The second-order valence-corrected chi connectivity index (χ2v) is 7.52. The fourth-order valence-corrected chi connectivity index (χ4v) is 4.73. The van der Waals surface area contributed by atoms with Gasteiger partial charge in [-0.1, -0.05) is 48.5 Å². The molecule has 142 valence electrons. The summed E-state index contributed by atoms with van der Waals surface area (Å²) in [7, 11) is 0. The van der Waals surface area contributed by atoms with E-state index in [9.17, 15) is 14.7 Å². The summed E-state index contributed by atoms with van der Waals surface area (Å²) in [6.45, 7) is 0.0942. The van der Waals surface area contributed by atoms with E-state index >= 15 is 0 Å². The zero-order chi connectivity index (χ0) is 19.5. The highest BCUT2D eigenvalue weighted by atomic mass is 32.2. The van der Waals surface area contributed by atoms with E-state index in [0.717, 1.165) is 22.0 Å². The van der Waals surface area contributed by atoms with Crippen molar-refractivity contribution in [2.45, 2.75) is 18.0 Å². The Hall–Kier alpha value is -3.06. The summed E-state index contributed by atoms with van der Waals surface area (Å²) in [5.41, 5.74) is 2.51. The van der Waals surface area contributed by atoms with E-state index in [1.54, 1.807) is 6.20 Å². The molecule has 3 aromatic rings. The number of carbonyl (C=O) groups excluding carboxylic acids is 1. The first-order valence-electron chi connectivity index (χ1n) is 8.82. The first-order valence-corrected chi connectivity index (χ1v) is 9.87. The third-order valence-electron chi connectivity index (χ3n) is 4.65. The first-order chi connectivity index (χ1) is 13.6. The van der Waals surface area contributed by atoms with Crippen LogP contribution in [0, 0.1) is 0 Å². The molecule has 7 heteroatoms. The molecule has 1 amide bonds. The number of amides is 1. The molecular formula is C21H18N2O4S. The van der Waals surface area contributed by atoms with Gasteiger partial charge in [0, 0.05) is 17.3 Å². The normalized spacial score (nSPS) is 18.9. The summed E-state index contributed by atoms with van der Waals surface area (Å²) < 4.78 is 5.45. The lowest BCUT2D eigenvalue weighted by Gasteiger charge is -2.27. The summed E-state index contributed by atoms with van der Waals surface area (Å²) in [6.07, 6.45) is 1.05. The Labute approximate surface area is 166 Å². The quantitative estimate of drug-likeness (QED) is 0.718. The molecule has 4 rings (SSSR count). The molecule has 1 aliphatic heterocycles. The van der Waals surface area contributed by atoms with Crippen molar-refractivity contribution in [1.29, 1.82) is 0 Å². The van der Waals surface area contributed by atoms with Gasteiger partial charge in [0.05, 0.1) is 5.52 Å². The zero-order valence-corrected chi connectivity index (χ0v) is 15.7. The van der Waals surface area contributed by atoms with E-state index in [1.165, 1.54) is 16.7 Å². The van der Waals surface area contributed by atoms with Crippen LogP contribution in [0.15, 0.2) is 66.9 Å². The number of ether oxygens (including phenoxy) is 1. The van der Waals surface area contributed by atoms with Gasteiger partial charge in [0.25, 0.3) is 0 Å². The van der Waals surface area contributed by atoms with Gasteiger partial charge in [-0.25, -0.2) is 9.59 Å². The van der Waals surface area contributed by atoms with Gasteiger partial charge in [-0.3, -0.25) is 9.88 Å². The van der Waals surface area contributed by atoms with Crippen molar-refractivity contribution in [3.8, 4) is 0 Å². The Balaban J connectivity index is 1.64. The second kappa shape index (κ2) is 7.90. The number of rotatable bonds is 4. The number of hydrogen-bond acceptors (Lipinski definition) is 5. The van der Waals surface area contributed by atoms with Gasteiger partial charge in [-0.15, -0.1) is 11.8 Å². The third kappa shape index (κ3) is 3.53. The number of benzene rings is 2. The monoisotopic (exact) mass is 394 g/mol. The van der Waals surface area contributed by atoms with Crippen LogP contribution in [0.5, 0.6) is 0 Å². The van der Waals surface area contributed by atoms with Crippen molar-refractivity contribution in [3.63, 3.8) is 0 Å². The fourth-order valence-electron chi connectivity index (χ4n) is 3.29. The van der Waals surface area contributed by atoms with Crippen LogP contribution < -0.4 is 0 Å². The molecule has 0 aliphatic carbocycles. The van der Waals surface area contributed by atoms with Crippen LogP contribution in [-0.4, -0.2) is 38.8 Å². The molecule has 2 heterocycles. The standard InChI is InChI=1S/C21H18N2O4S/c24-20(25)18-13-28-19(16-10-11-22-17-9-5-4-8-15(16)17)23(18)21(26)27-12-14-6-2-1-3-7-14/h1-11,18-19H,12-13H2,(H,24,25)/t18?,19-/m1/s1. The maximum atomic E-state index is 12.9. The summed E-state index contributed by atoms with van der Waals surface area (Å²) in [5.74, 6) is -0.734. The summed E-state index contributed by atoms with van der Waals surface area (Å²) >= 11 is 1.42. The number of thioether (sulfide) groups is 1. The van der Waals surface area contributed by atoms with Crippen LogP contribution in [-0.2, 0) is 16.1 Å². The summed E-state index contributed by atoms with van der Waals surface area (Å²) in [4.78, 5) is 30.3. The minimum absolute atomic E-state index is 0.0942. The smallest absolute Gasteiger partial charge is 0.412 e. The van der Waals surface area contributed by atoms with Crippen LogP contribution in [0.1, 0.15) is 16.5 Å². The second-order valence-electron chi connectivity index (χ2n) is 6.40. The molecule has 1 unspecified atom stereocenters. The minimum Gasteiger partial charge on any atom is -0.480 e. The van der Waals surface area contributed by atoms with Crippen LogP contribution >= 0.6 is 11.8 Å². The molecular weight excluding hydrogens is 376 g/mol. The first kappa shape index (κ1) is 18.3. The van der Waals surface area contributed by atoms with Crippen molar-refractivity contribution in [3.05, 3.63) is 78.0 Å². The summed E-state index contributed by atoms with van der Waals surface area (Å²) in [6, 6.07) is 17.8. The van der Waals surface area contributed by atoms with Gasteiger partial charge in [0.1, 0.15) is 18.0 Å². The van der Waals surface area contributed by atoms with Crippen molar-refractivity contribution in [1.82, 2.24) is 9.88 Å². The van der Waals surface area contributed by atoms with Crippen molar-refractivity contribution >= 4 is 34.7 Å². The molecule has 1 N–H and O–H groups in total. The predicted octanol–water partition coefficient (Wildman–Crippen LogP) is 4.07. The Morgan fingerprint density at radius 2 is 1.86 bits per heavy atom. The van der Waals surface area contributed by atoms with Crippen LogP contribution in [0.3, 0.4) is 0 Å². The Bertz CT molecular complexity index is 1010. The highest BCUT2D eigenvalue weighted by Gasteiger charge is 2.44. The molecule has 2 aromatic carbocycles. The zero-order valence-electron chi connectivity index (χ0n) is 14.9. The Kier molecular flexibility index (Phi) is 5.16. The molecule has 1 aliphatic rings. The highest BCUT2D eigenvalue weighted by Crippen LogP contribution is 2.43. The number of fused-ring (bicyclic) bond motifs is 1. The number of carboxylic acids is 1. The Morgan fingerprint density at radius 1 is 1.11 bits per heavy atom. The molecule has 0 spiro atoms. The molecule has 1 saturated heterocycles. The van der Waals surface area contributed by atoms with Gasteiger partial charge in [0.2, 0.25) is 0 Å². The maximum absolute atomic E-state index is 12.9. The van der Waals surface area contributed by atoms with E-state index in [2.05, 4.69) is 4.98 Å². The highest BCUT2D eigenvalue weighted by molar-refractivity contribution is 7.99. The molecule has 0 radical (unpaired) electrons. The van der Waals surface area contributed by atoms with Crippen molar-refractivity contribution in [2.75, 3.05) is 5.75 Å². The maximum Gasteiger partial charge on any atom is 0.412 e. The number of aliphatic carboxylic acids is 1. The van der Waals surface area contributed by atoms with Gasteiger partial charge in [-0.2, -0.15) is 0 Å². The lowest BCUT2D eigenvalue weighted by molar-refractivity contribution is -0.141. The lowest BCUT2D eigenvalue weighted by Crippen LogP contribution is -2.43. The van der Waals surface area contributed by atoms with E-state index in [0.29, 0.717) is 5.75 Å². The number of hydrogen-bond donors (Lipinski definition) is 1. The van der Waals surface area contributed by atoms with Crippen LogP contribution in [0.25, 0.3) is 10.9 Å². The average molecular weight is 394 g/mol. The van der Waals surface area contributed by atoms with E-state index in [1.807, 2.05) is 60.7 Å². The molecule has 2 atom stereocenters. The molecule has 1 aromatic heterocycles. The van der Waals surface area contributed by atoms with Crippen LogP contribution in [0.4, 0.5) is 4.79 Å². The number of carbonyl (C=O) groups is 2. The third-order valence-corrected chi connectivity index (χ3v) is 5.96. The summed E-state index contributed by atoms with van der Waals surface area (Å²) in [5, 5.41) is 10.1. The Morgan fingerprint density at radius 3 is 2.64 bits per heavy atom. The van der Waals surface area contributed by atoms with Gasteiger partial charge in [0.15, 0.2) is 0 Å². The lowest BCUT2D eigenvalue weighted by atomic mass is 10.1. The van der Waals surface area contributed by atoms with Gasteiger partial charge in [-0.05, 0) is 23.3 Å². The molecule has 6 nitrogen and oxygen atoms in total. The van der Waals surface area contributed by atoms with Crippen LogP contribution in [0.2, 0.25) is 0 Å². The van der Waals surface area contributed by atoms with Gasteiger partial charge >= 0.3 is 12.1 Å². The van der Waals surface area contributed by atoms with E-state index < -0.39 is 23.5 Å². The number of nitrogens with zero attached hydrogens (tertiary/aromatic N) is 2. The predicted molar refractivity (Wildman–Crippen MR) is 107 cm³/mol. The van der Waals surface area contributed by atoms with E-state index in [4.69, 9.17) is 4.74 Å². The van der Waals surface area contributed by atoms with Gasteiger partial charge < -0.3 is 9.84 Å². The van der Waals surface area contributed by atoms with Crippen molar-refractivity contribution in [2.24, 2.45) is 0 Å².